The molecule has 3 rings (SSSR count). The number of nitrogens with zero attached hydrogens (tertiary/aromatic N) is 4. The fourth-order valence-corrected chi connectivity index (χ4v) is 4.20. The van der Waals surface area contributed by atoms with Crippen LogP contribution < -0.4 is 4.90 Å². The van der Waals surface area contributed by atoms with Gasteiger partial charge in [-0.2, -0.15) is 5.10 Å². The van der Waals surface area contributed by atoms with Gasteiger partial charge >= 0.3 is 5.97 Å². The number of aromatic carboxylic acids is 1. The zero-order chi connectivity index (χ0) is 19.1. The molecule has 2 aromatic rings. The van der Waals surface area contributed by atoms with Crippen LogP contribution in [0.4, 0.5) is 5.69 Å². The molecule has 0 bridgehead atoms. The van der Waals surface area contributed by atoms with Gasteiger partial charge in [0.1, 0.15) is 5.56 Å². The summed E-state index contributed by atoms with van der Waals surface area (Å²) in [5, 5.41) is 35.4. The number of aromatic nitrogens is 3. The van der Waals surface area contributed by atoms with Gasteiger partial charge in [-0.15, -0.1) is 0 Å². The molecule has 0 amide bonds. The monoisotopic (exact) mass is 362 g/mol. The molecule has 1 fully saturated rings. The van der Waals surface area contributed by atoms with E-state index in [4.69, 9.17) is 0 Å². The summed E-state index contributed by atoms with van der Waals surface area (Å²) in [6.45, 7) is 4.62. The van der Waals surface area contributed by atoms with E-state index in [0.717, 1.165) is 6.42 Å². The van der Waals surface area contributed by atoms with E-state index in [9.17, 15) is 20.1 Å². The molecule has 0 aliphatic carbocycles. The zero-order valence-corrected chi connectivity index (χ0v) is 15.4. The molecule has 0 unspecified atom stereocenters. The Hall–Kier alpha value is -2.19. The number of aliphatic hydroxyl groups is 2. The lowest BCUT2D eigenvalue weighted by atomic mass is 9.74. The minimum Gasteiger partial charge on any atom is -0.478 e. The van der Waals surface area contributed by atoms with Crippen molar-refractivity contribution in [3.05, 3.63) is 17.5 Å². The van der Waals surface area contributed by atoms with Gasteiger partial charge in [0.15, 0.2) is 5.65 Å². The normalized spacial score (nSPS) is 23.6. The highest BCUT2D eigenvalue weighted by Gasteiger charge is 2.43. The SMILES string of the molecule is CCC[C@@]1(CO)CN(c2c(C(=O)O)cnc3c2c(C)nn3C)CC[C@@H]1O. The van der Waals surface area contributed by atoms with Crippen molar-refractivity contribution in [3.8, 4) is 0 Å². The van der Waals surface area contributed by atoms with Crippen LogP contribution in [0.15, 0.2) is 6.20 Å². The summed E-state index contributed by atoms with van der Waals surface area (Å²) in [7, 11) is 1.78. The van der Waals surface area contributed by atoms with E-state index >= 15 is 0 Å². The number of aliphatic hydroxyl groups excluding tert-OH is 2. The fourth-order valence-electron chi connectivity index (χ4n) is 4.20. The van der Waals surface area contributed by atoms with Crippen LogP contribution in [0.1, 0.15) is 42.2 Å². The van der Waals surface area contributed by atoms with Gasteiger partial charge in [-0.1, -0.05) is 13.3 Å². The number of pyridine rings is 1. The molecule has 8 heteroatoms. The predicted molar refractivity (Wildman–Crippen MR) is 97.5 cm³/mol. The zero-order valence-electron chi connectivity index (χ0n) is 15.4. The summed E-state index contributed by atoms with van der Waals surface area (Å²) in [6.07, 6.45) is 2.73. The van der Waals surface area contributed by atoms with Gasteiger partial charge in [-0.3, -0.25) is 4.68 Å². The molecule has 0 spiro atoms. The van der Waals surface area contributed by atoms with Gasteiger partial charge < -0.3 is 20.2 Å². The maximum Gasteiger partial charge on any atom is 0.339 e. The van der Waals surface area contributed by atoms with Crippen molar-refractivity contribution in [2.45, 2.75) is 39.2 Å². The molecule has 8 nitrogen and oxygen atoms in total. The smallest absolute Gasteiger partial charge is 0.339 e. The molecule has 2 aromatic heterocycles. The first-order valence-corrected chi connectivity index (χ1v) is 8.94. The topological polar surface area (TPSA) is 112 Å². The number of aryl methyl sites for hydroxylation is 2. The van der Waals surface area contributed by atoms with E-state index in [1.165, 1.54) is 6.20 Å². The summed E-state index contributed by atoms with van der Waals surface area (Å²) in [5.74, 6) is -1.05. The quantitative estimate of drug-likeness (QED) is 0.735. The molecule has 142 valence electrons. The van der Waals surface area contributed by atoms with Crippen molar-refractivity contribution >= 4 is 22.7 Å². The lowest BCUT2D eigenvalue weighted by Gasteiger charge is -2.46. The molecular formula is C18H26N4O4. The van der Waals surface area contributed by atoms with Crippen molar-refractivity contribution in [2.24, 2.45) is 12.5 Å². The highest BCUT2D eigenvalue weighted by molar-refractivity contribution is 6.04. The summed E-state index contributed by atoms with van der Waals surface area (Å²) < 4.78 is 1.64. The number of fused-ring (bicyclic) bond motifs is 1. The number of carbonyl (C=O) groups is 1. The van der Waals surface area contributed by atoms with Crippen LogP contribution in [-0.4, -0.2) is 61.9 Å². The Balaban J connectivity index is 2.17. The largest absolute Gasteiger partial charge is 0.478 e. The molecule has 0 aromatic carbocycles. The second kappa shape index (κ2) is 6.85. The van der Waals surface area contributed by atoms with Crippen molar-refractivity contribution in [1.29, 1.82) is 0 Å². The molecule has 1 aliphatic rings. The lowest BCUT2D eigenvalue weighted by Crippen LogP contribution is -2.54. The first-order chi connectivity index (χ1) is 12.3. The van der Waals surface area contributed by atoms with E-state index in [0.29, 0.717) is 48.3 Å². The summed E-state index contributed by atoms with van der Waals surface area (Å²) in [4.78, 5) is 18.1. The summed E-state index contributed by atoms with van der Waals surface area (Å²) >= 11 is 0. The third-order valence-electron chi connectivity index (χ3n) is 5.49. The molecule has 0 radical (unpaired) electrons. The Morgan fingerprint density at radius 1 is 1.46 bits per heavy atom. The van der Waals surface area contributed by atoms with E-state index in [1.54, 1.807) is 11.7 Å². The molecule has 1 saturated heterocycles. The van der Waals surface area contributed by atoms with Crippen molar-refractivity contribution in [2.75, 3.05) is 24.6 Å². The molecule has 3 heterocycles. The minimum atomic E-state index is -1.05. The van der Waals surface area contributed by atoms with E-state index < -0.39 is 17.5 Å². The number of anilines is 1. The first-order valence-electron chi connectivity index (χ1n) is 8.94. The van der Waals surface area contributed by atoms with Gasteiger partial charge in [0.05, 0.1) is 29.5 Å². The standard InChI is InChI=1S/C18H26N4O4/c1-4-6-18(10-23)9-22(7-5-13(18)24)15-12(17(25)26)8-19-16-14(15)11(2)20-21(16)3/h8,13,23-24H,4-7,9-10H2,1-3H3,(H,25,26)/t13-,18-/m0/s1. The Kier molecular flexibility index (Phi) is 4.90. The van der Waals surface area contributed by atoms with Crippen LogP contribution in [0, 0.1) is 12.3 Å². The van der Waals surface area contributed by atoms with E-state index in [2.05, 4.69) is 10.1 Å². The van der Waals surface area contributed by atoms with E-state index in [-0.39, 0.29) is 12.2 Å². The Labute approximate surface area is 152 Å². The number of rotatable bonds is 5. The number of carboxylic acids is 1. The Bertz CT molecular complexity index is 834. The second-order valence-corrected chi connectivity index (χ2v) is 7.23. The molecule has 26 heavy (non-hydrogen) atoms. The van der Waals surface area contributed by atoms with Crippen LogP contribution in [0.5, 0.6) is 0 Å². The maximum atomic E-state index is 11.9. The maximum absolute atomic E-state index is 11.9. The molecule has 2 atom stereocenters. The predicted octanol–water partition coefficient (Wildman–Crippen LogP) is 1.32. The second-order valence-electron chi connectivity index (χ2n) is 7.23. The van der Waals surface area contributed by atoms with Crippen molar-refractivity contribution in [1.82, 2.24) is 14.8 Å². The molecular weight excluding hydrogens is 336 g/mol. The van der Waals surface area contributed by atoms with Gasteiger partial charge in [0, 0.05) is 31.7 Å². The number of carboxylic acid groups (broad SMARTS) is 1. The lowest BCUT2D eigenvalue weighted by molar-refractivity contribution is -0.0351. The third-order valence-corrected chi connectivity index (χ3v) is 5.49. The summed E-state index contributed by atoms with van der Waals surface area (Å²) in [5.41, 5.74) is 1.37. The van der Waals surface area contributed by atoms with Gasteiger partial charge in [-0.25, -0.2) is 9.78 Å². The Morgan fingerprint density at radius 2 is 2.19 bits per heavy atom. The van der Waals surface area contributed by atoms with Crippen molar-refractivity contribution < 1.29 is 20.1 Å². The Morgan fingerprint density at radius 3 is 2.81 bits per heavy atom. The number of hydrogen-bond donors (Lipinski definition) is 3. The van der Waals surface area contributed by atoms with Crippen LogP contribution >= 0.6 is 0 Å². The minimum absolute atomic E-state index is 0.119. The van der Waals surface area contributed by atoms with Crippen LogP contribution in [0.3, 0.4) is 0 Å². The fraction of sp³-hybridized carbons (Fsp3) is 0.611. The average molecular weight is 362 g/mol. The first kappa shape index (κ1) is 18.6. The van der Waals surface area contributed by atoms with Crippen molar-refractivity contribution in [3.63, 3.8) is 0 Å². The third kappa shape index (κ3) is 2.83. The van der Waals surface area contributed by atoms with Gasteiger partial charge in [-0.05, 0) is 19.8 Å². The van der Waals surface area contributed by atoms with E-state index in [1.807, 2.05) is 18.7 Å². The average Bonchev–Trinajstić information content (AvgIpc) is 2.90. The number of hydrogen-bond acceptors (Lipinski definition) is 6. The molecule has 1 aliphatic heterocycles. The molecule has 3 N–H and O–H groups in total. The summed E-state index contributed by atoms with van der Waals surface area (Å²) in [6, 6.07) is 0. The highest BCUT2D eigenvalue weighted by atomic mass is 16.4. The molecule has 0 saturated carbocycles. The highest BCUT2D eigenvalue weighted by Crippen LogP contribution is 2.40. The van der Waals surface area contributed by atoms with Crippen LogP contribution in [0.25, 0.3) is 11.0 Å². The van der Waals surface area contributed by atoms with Crippen LogP contribution in [0.2, 0.25) is 0 Å². The number of piperidine rings is 1. The van der Waals surface area contributed by atoms with Gasteiger partial charge in [0.25, 0.3) is 0 Å². The van der Waals surface area contributed by atoms with Crippen LogP contribution in [-0.2, 0) is 7.05 Å². The van der Waals surface area contributed by atoms with Gasteiger partial charge in [0.2, 0.25) is 0 Å².